The number of hydrogen-bond donors (Lipinski definition) is 1. The molecule has 0 aliphatic rings. The molecule has 0 saturated carbocycles. The summed E-state index contributed by atoms with van der Waals surface area (Å²) >= 11 is 1.69. The smallest absolute Gasteiger partial charge is 0.291 e. The van der Waals surface area contributed by atoms with Crippen molar-refractivity contribution in [1.29, 1.82) is 0 Å². The zero-order chi connectivity index (χ0) is 15.1. The van der Waals surface area contributed by atoms with Crippen LogP contribution in [-0.2, 0) is 13.0 Å². The standard InChI is InChI=1S/C15H19N3O2S/c1-4-14-16-17(6-5-9(2)19)15(20)12-8-13-11(18(12)14)7-10(3)21-13/h7-9,19H,4-6H2,1-3H3. The quantitative estimate of drug-likeness (QED) is 0.805. The Labute approximate surface area is 126 Å². The summed E-state index contributed by atoms with van der Waals surface area (Å²) in [6.45, 7) is 6.27. The van der Waals surface area contributed by atoms with E-state index in [1.54, 1.807) is 18.3 Å². The van der Waals surface area contributed by atoms with Crippen molar-refractivity contribution in [1.82, 2.24) is 14.2 Å². The first-order valence-electron chi connectivity index (χ1n) is 7.21. The molecule has 1 N–H and O–H groups in total. The van der Waals surface area contributed by atoms with Crippen LogP contribution < -0.4 is 5.56 Å². The number of rotatable bonds is 4. The molecule has 1 atom stereocenters. The molecule has 0 fully saturated rings. The first-order chi connectivity index (χ1) is 10.0. The van der Waals surface area contributed by atoms with E-state index in [1.165, 1.54) is 9.56 Å². The van der Waals surface area contributed by atoms with Crippen molar-refractivity contribution in [3.8, 4) is 0 Å². The van der Waals surface area contributed by atoms with E-state index in [0.29, 0.717) is 18.5 Å². The summed E-state index contributed by atoms with van der Waals surface area (Å²) in [5.41, 5.74) is 1.65. The highest BCUT2D eigenvalue weighted by atomic mass is 32.1. The van der Waals surface area contributed by atoms with Crippen LogP contribution >= 0.6 is 11.3 Å². The van der Waals surface area contributed by atoms with Gasteiger partial charge in [0.15, 0.2) is 0 Å². The molecule has 0 aromatic carbocycles. The van der Waals surface area contributed by atoms with E-state index in [0.717, 1.165) is 22.5 Å². The molecule has 21 heavy (non-hydrogen) atoms. The fraction of sp³-hybridized carbons (Fsp3) is 0.467. The molecule has 5 nitrogen and oxygen atoms in total. The van der Waals surface area contributed by atoms with Gasteiger partial charge in [-0.05, 0) is 32.4 Å². The second kappa shape index (κ2) is 5.27. The van der Waals surface area contributed by atoms with Crippen molar-refractivity contribution >= 4 is 27.1 Å². The first kappa shape index (κ1) is 14.3. The summed E-state index contributed by atoms with van der Waals surface area (Å²) in [5.74, 6) is 0.878. The van der Waals surface area contributed by atoms with E-state index in [9.17, 15) is 9.90 Å². The number of nitrogens with zero attached hydrogens (tertiary/aromatic N) is 3. The number of thiophene rings is 1. The number of aromatic nitrogens is 3. The lowest BCUT2D eigenvalue weighted by molar-refractivity contribution is 0.175. The first-order valence-corrected chi connectivity index (χ1v) is 8.02. The number of aliphatic hydroxyl groups is 1. The molecule has 0 spiro atoms. The van der Waals surface area contributed by atoms with E-state index < -0.39 is 6.10 Å². The van der Waals surface area contributed by atoms with Crippen molar-refractivity contribution in [2.45, 2.75) is 46.3 Å². The molecule has 3 heterocycles. The summed E-state index contributed by atoms with van der Waals surface area (Å²) < 4.78 is 4.58. The van der Waals surface area contributed by atoms with E-state index in [4.69, 9.17) is 0 Å². The molecule has 3 aromatic heterocycles. The molecule has 3 aromatic rings. The van der Waals surface area contributed by atoms with Crippen LogP contribution in [0.25, 0.3) is 15.7 Å². The van der Waals surface area contributed by atoms with Crippen LogP contribution in [0.15, 0.2) is 16.9 Å². The van der Waals surface area contributed by atoms with Crippen LogP contribution in [0.1, 0.15) is 31.0 Å². The average Bonchev–Trinajstić information content (AvgIpc) is 2.94. The maximum atomic E-state index is 12.6. The predicted octanol–water partition coefficient (Wildman–Crippen LogP) is 2.35. The Hall–Kier alpha value is -1.66. The Balaban J connectivity index is 2.25. The Morgan fingerprint density at radius 3 is 2.81 bits per heavy atom. The lowest BCUT2D eigenvalue weighted by Crippen LogP contribution is -2.28. The Morgan fingerprint density at radius 1 is 1.38 bits per heavy atom. The van der Waals surface area contributed by atoms with Crippen LogP contribution in [0.5, 0.6) is 0 Å². The SMILES string of the molecule is CCc1nn(CCC(C)O)c(=O)c2cc3sc(C)cc3n12. The van der Waals surface area contributed by atoms with E-state index >= 15 is 0 Å². The van der Waals surface area contributed by atoms with Crippen molar-refractivity contribution in [3.63, 3.8) is 0 Å². The topological polar surface area (TPSA) is 59.5 Å². The molecule has 3 rings (SSSR count). The van der Waals surface area contributed by atoms with Crippen molar-refractivity contribution in [3.05, 3.63) is 33.2 Å². The van der Waals surface area contributed by atoms with Gasteiger partial charge in [-0.3, -0.25) is 9.20 Å². The molecular formula is C15H19N3O2S. The van der Waals surface area contributed by atoms with Crippen LogP contribution in [0.4, 0.5) is 0 Å². The third-order valence-electron chi connectivity index (χ3n) is 3.64. The van der Waals surface area contributed by atoms with E-state index in [1.807, 2.05) is 17.4 Å². The summed E-state index contributed by atoms with van der Waals surface area (Å²) in [6, 6.07) is 4.06. The molecule has 0 amide bonds. The van der Waals surface area contributed by atoms with Crippen LogP contribution in [0.2, 0.25) is 0 Å². The normalized spacial score (nSPS) is 13.3. The second-order valence-electron chi connectivity index (χ2n) is 5.41. The van der Waals surface area contributed by atoms with E-state index in [-0.39, 0.29) is 5.56 Å². The van der Waals surface area contributed by atoms with Gasteiger partial charge < -0.3 is 5.11 Å². The molecule has 0 saturated heterocycles. The van der Waals surface area contributed by atoms with Gasteiger partial charge in [-0.1, -0.05) is 6.92 Å². The van der Waals surface area contributed by atoms with Crippen molar-refractivity contribution < 1.29 is 5.11 Å². The van der Waals surface area contributed by atoms with Gasteiger partial charge in [0, 0.05) is 17.8 Å². The summed E-state index contributed by atoms with van der Waals surface area (Å²) in [6.07, 6.45) is 0.850. The fourth-order valence-electron chi connectivity index (χ4n) is 2.60. The Bertz CT molecular complexity index is 857. The highest BCUT2D eigenvalue weighted by Crippen LogP contribution is 2.28. The van der Waals surface area contributed by atoms with Gasteiger partial charge in [0.1, 0.15) is 11.3 Å². The zero-order valence-corrected chi connectivity index (χ0v) is 13.3. The lowest BCUT2D eigenvalue weighted by Gasteiger charge is -2.10. The zero-order valence-electron chi connectivity index (χ0n) is 12.5. The summed E-state index contributed by atoms with van der Waals surface area (Å²) in [4.78, 5) is 13.8. The van der Waals surface area contributed by atoms with Crippen molar-refractivity contribution in [2.75, 3.05) is 0 Å². The maximum Gasteiger partial charge on any atom is 0.291 e. The average molecular weight is 305 g/mol. The van der Waals surface area contributed by atoms with Gasteiger partial charge in [0.25, 0.3) is 5.56 Å². The summed E-state index contributed by atoms with van der Waals surface area (Å²) in [5, 5.41) is 13.9. The lowest BCUT2D eigenvalue weighted by atomic mass is 10.3. The highest BCUT2D eigenvalue weighted by Gasteiger charge is 2.15. The third kappa shape index (κ3) is 2.38. The molecule has 6 heteroatoms. The molecular weight excluding hydrogens is 286 g/mol. The number of hydrogen-bond acceptors (Lipinski definition) is 4. The van der Waals surface area contributed by atoms with Crippen LogP contribution in [0, 0.1) is 6.92 Å². The minimum atomic E-state index is -0.432. The molecule has 1 unspecified atom stereocenters. The van der Waals surface area contributed by atoms with Gasteiger partial charge in [-0.2, -0.15) is 5.10 Å². The molecule has 0 bridgehead atoms. The monoisotopic (exact) mass is 305 g/mol. The highest BCUT2D eigenvalue weighted by molar-refractivity contribution is 7.19. The third-order valence-corrected chi connectivity index (χ3v) is 4.62. The summed E-state index contributed by atoms with van der Waals surface area (Å²) in [7, 11) is 0. The van der Waals surface area contributed by atoms with Gasteiger partial charge in [0.05, 0.1) is 16.3 Å². The molecule has 0 radical (unpaired) electrons. The minimum absolute atomic E-state index is 0.0890. The predicted molar refractivity (Wildman–Crippen MR) is 85.2 cm³/mol. The van der Waals surface area contributed by atoms with Gasteiger partial charge in [0.2, 0.25) is 0 Å². The second-order valence-corrected chi connectivity index (χ2v) is 6.70. The number of fused-ring (bicyclic) bond motifs is 3. The van der Waals surface area contributed by atoms with Crippen molar-refractivity contribution in [2.24, 2.45) is 0 Å². The Morgan fingerprint density at radius 2 is 2.14 bits per heavy atom. The number of aryl methyl sites for hydroxylation is 3. The van der Waals surface area contributed by atoms with Crippen LogP contribution in [0.3, 0.4) is 0 Å². The van der Waals surface area contributed by atoms with Gasteiger partial charge in [-0.15, -0.1) is 11.3 Å². The van der Waals surface area contributed by atoms with Gasteiger partial charge in [-0.25, -0.2) is 4.68 Å². The molecule has 0 aliphatic heterocycles. The van der Waals surface area contributed by atoms with Gasteiger partial charge >= 0.3 is 0 Å². The Kier molecular flexibility index (Phi) is 3.59. The number of aliphatic hydroxyl groups excluding tert-OH is 1. The largest absolute Gasteiger partial charge is 0.393 e. The minimum Gasteiger partial charge on any atom is -0.393 e. The molecule has 0 aliphatic carbocycles. The fourth-order valence-corrected chi connectivity index (χ4v) is 3.54. The van der Waals surface area contributed by atoms with E-state index in [2.05, 4.69) is 18.1 Å². The van der Waals surface area contributed by atoms with Crippen LogP contribution in [-0.4, -0.2) is 25.4 Å². The molecule has 112 valence electrons. The maximum absolute atomic E-state index is 12.6.